The van der Waals surface area contributed by atoms with Crippen LogP contribution in [0.15, 0.2) is 0 Å². The van der Waals surface area contributed by atoms with Crippen LogP contribution in [0.4, 0.5) is 0 Å². The van der Waals surface area contributed by atoms with E-state index in [9.17, 15) is 0 Å². The quantitative estimate of drug-likeness (QED) is 0.616. The Morgan fingerprint density at radius 1 is 1.50 bits per heavy atom. The summed E-state index contributed by atoms with van der Waals surface area (Å²) in [6, 6.07) is 0.617. The fourth-order valence-corrected chi connectivity index (χ4v) is 1.98. The third-order valence-electron chi connectivity index (χ3n) is 3.06. The Labute approximate surface area is 99.9 Å². The van der Waals surface area contributed by atoms with Gasteiger partial charge in [-0.1, -0.05) is 19.8 Å². The lowest BCUT2D eigenvalue weighted by atomic mass is 10.1. The number of hydrogen-bond donors (Lipinski definition) is 1. The second-order valence-corrected chi connectivity index (χ2v) is 4.71. The highest BCUT2D eigenvalue weighted by Gasteiger charge is 2.14. The number of unbranched alkanes of at least 4 members (excludes halogenated alkanes) is 1. The van der Waals surface area contributed by atoms with Crippen molar-refractivity contribution in [1.29, 1.82) is 0 Å². The monoisotopic (exact) mass is 229 g/mol. The minimum Gasteiger partial charge on any atom is -0.377 e. The van der Waals surface area contributed by atoms with Gasteiger partial charge in [0.05, 0.1) is 19.3 Å². The Morgan fingerprint density at radius 2 is 2.38 bits per heavy atom. The summed E-state index contributed by atoms with van der Waals surface area (Å²) in [5.74, 6) is 0. The molecule has 0 amide bonds. The van der Waals surface area contributed by atoms with Crippen LogP contribution in [0.25, 0.3) is 0 Å². The van der Waals surface area contributed by atoms with E-state index < -0.39 is 0 Å². The molecule has 0 aromatic rings. The highest BCUT2D eigenvalue weighted by atomic mass is 16.5. The summed E-state index contributed by atoms with van der Waals surface area (Å²) in [5, 5.41) is 3.48. The van der Waals surface area contributed by atoms with Crippen molar-refractivity contribution in [1.82, 2.24) is 5.32 Å². The SMILES string of the molecule is CCCCC(C)NCCOCC1CCCO1. The summed E-state index contributed by atoms with van der Waals surface area (Å²) in [6.45, 7) is 7.92. The second-order valence-electron chi connectivity index (χ2n) is 4.71. The van der Waals surface area contributed by atoms with Crippen LogP contribution in [-0.2, 0) is 9.47 Å². The van der Waals surface area contributed by atoms with Crippen LogP contribution in [0.1, 0.15) is 46.0 Å². The van der Waals surface area contributed by atoms with Crippen LogP contribution in [0.2, 0.25) is 0 Å². The lowest BCUT2D eigenvalue weighted by Crippen LogP contribution is -2.30. The van der Waals surface area contributed by atoms with Gasteiger partial charge in [0.25, 0.3) is 0 Å². The normalized spacial score (nSPS) is 22.5. The Bertz CT molecular complexity index is 158. The maximum Gasteiger partial charge on any atom is 0.0809 e. The molecule has 0 saturated carbocycles. The highest BCUT2D eigenvalue weighted by Crippen LogP contribution is 2.11. The second kappa shape index (κ2) is 8.97. The van der Waals surface area contributed by atoms with Gasteiger partial charge in [0.15, 0.2) is 0 Å². The minimum absolute atomic E-state index is 0.359. The Morgan fingerprint density at radius 3 is 3.06 bits per heavy atom. The van der Waals surface area contributed by atoms with E-state index in [1.807, 2.05) is 0 Å². The van der Waals surface area contributed by atoms with E-state index in [1.54, 1.807) is 0 Å². The van der Waals surface area contributed by atoms with Crippen molar-refractivity contribution in [2.24, 2.45) is 0 Å². The first kappa shape index (κ1) is 13.9. The number of nitrogens with one attached hydrogen (secondary N) is 1. The van der Waals surface area contributed by atoms with E-state index in [0.717, 1.165) is 26.4 Å². The lowest BCUT2D eigenvalue weighted by Gasteiger charge is -2.14. The number of rotatable bonds is 9. The molecule has 2 atom stereocenters. The topological polar surface area (TPSA) is 30.5 Å². The van der Waals surface area contributed by atoms with Crippen molar-refractivity contribution in [2.45, 2.75) is 58.1 Å². The van der Waals surface area contributed by atoms with Gasteiger partial charge in [0.2, 0.25) is 0 Å². The highest BCUT2D eigenvalue weighted by molar-refractivity contribution is 4.64. The van der Waals surface area contributed by atoms with Gasteiger partial charge in [0.1, 0.15) is 0 Å². The van der Waals surface area contributed by atoms with Crippen LogP contribution in [0.3, 0.4) is 0 Å². The van der Waals surface area contributed by atoms with E-state index in [4.69, 9.17) is 9.47 Å². The zero-order chi connectivity index (χ0) is 11.6. The molecule has 0 radical (unpaired) electrons. The molecule has 1 fully saturated rings. The van der Waals surface area contributed by atoms with Gasteiger partial charge in [-0.15, -0.1) is 0 Å². The molecule has 0 bridgehead atoms. The maximum absolute atomic E-state index is 5.58. The first-order valence-corrected chi connectivity index (χ1v) is 6.75. The van der Waals surface area contributed by atoms with Crippen molar-refractivity contribution < 1.29 is 9.47 Å². The third kappa shape index (κ3) is 6.46. The molecule has 0 aliphatic carbocycles. The van der Waals surface area contributed by atoms with Crippen LogP contribution < -0.4 is 5.32 Å². The number of hydrogen-bond acceptors (Lipinski definition) is 3. The maximum atomic E-state index is 5.58. The lowest BCUT2D eigenvalue weighted by molar-refractivity contribution is 0.0179. The third-order valence-corrected chi connectivity index (χ3v) is 3.06. The van der Waals surface area contributed by atoms with Crippen LogP contribution in [-0.4, -0.2) is 38.5 Å². The Kier molecular flexibility index (Phi) is 7.81. The Balaban J connectivity index is 1.83. The molecular weight excluding hydrogens is 202 g/mol. The van der Waals surface area contributed by atoms with E-state index in [-0.39, 0.29) is 0 Å². The zero-order valence-corrected chi connectivity index (χ0v) is 10.8. The van der Waals surface area contributed by atoms with Gasteiger partial charge in [-0.2, -0.15) is 0 Å². The summed E-state index contributed by atoms with van der Waals surface area (Å²) in [5.41, 5.74) is 0. The predicted molar refractivity (Wildman–Crippen MR) is 66.8 cm³/mol. The molecule has 1 aliphatic rings. The summed E-state index contributed by atoms with van der Waals surface area (Å²) >= 11 is 0. The predicted octanol–water partition coefficient (Wildman–Crippen LogP) is 2.35. The molecule has 0 spiro atoms. The molecule has 2 unspecified atom stereocenters. The minimum atomic E-state index is 0.359. The summed E-state index contributed by atoms with van der Waals surface area (Å²) in [7, 11) is 0. The van der Waals surface area contributed by atoms with Gasteiger partial charge in [-0.05, 0) is 26.2 Å². The van der Waals surface area contributed by atoms with Gasteiger partial charge >= 0.3 is 0 Å². The summed E-state index contributed by atoms with van der Waals surface area (Å²) < 4.78 is 11.1. The van der Waals surface area contributed by atoms with Crippen LogP contribution in [0.5, 0.6) is 0 Å². The van der Waals surface area contributed by atoms with E-state index >= 15 is 0 Å². The summed E-state index contributed by atoms with van der Waals surface area (Å²) in [6.07, 6.45) is 6.58. The molecule has 0 aromatic carbocycles. The van der Waals surface area contributed by atoms with Gasteiger partial charge < -0.3 is 14.8 Å². The standard InChI is InChI=1S/C13H27NO2/c1-3-4-6-12(2)14-8-10-15-11-13-7-5-9-16-13/h12-14H,3-11H2,1-2H3. The van der Waals surface area contributed by atoms with E-state index in [1.165, 1.54) is 32.1 Å². The van der Waals surface area contributed by atoms with E-state index in [2.05, 4.69) is 19.2 Å². The van der Waals surface area contributed by atoms with Crippen molar-refractivity contribution in [3.63, 3.8) is 0 Å². The van der Waals surface area contributed by atoms with Crippen molar-refractivity contribution in [3.05, 3.63) is 0 Å². The molecule has 96 valence electrons. The van der Waals surface area contributed by atoms with Crippen molar-refractivity contribution in [3.8, 4) is 0 Å². The molecule has 16 heavy (non-hydrogen) atoms. The molecule has 0 aromatic heterocycles. The molecule has 3 heteroatoms. The van der Waals surface area contributed by atoms with Gasteiger partial charge in [0, 0.05) is 19.2 Å². The molecule has 3 nitrogen and oxygen atoms in total. The molecule has 1 saturated heterocycles. The van der Waals surface area contributed by atoms with Gasteiger partial charge in [-0.25, -0.2) is 0 Å². The average molecular weight is 229 g/mol. The first-order chi connectivity index (χ1) is 7.83. The zero-order valence-electron chi connectivity index (χ0n) is 10.8. The van der Waals surface area contributed by atoms with E-state index in [0.29, 0.717) is 12.1 Å². The fraction of sp³-hybridized carbons (Fsp3) is 1.00. The fourth-order valence-electron chi connectivity index (χ4n) is 1.98. The van der Waals surface area contributed by atoms with Gasteiger partial charge in [-0.3, -0.25) is 0 Å². The molecule has 1 heterocycles. The Hall–Kier alpha value is -0.120. The smallest absolute Gasteiger partial charge is 0.0809 e. The first-order valence-electron chi connectivity index (χ1n) is 6.75. The molecule has 1 aliphatic heterocycles. The van der Waals surface area contributed by atoms with Crippen LogP contribution >= 0.6 is 0 Å². The summed E-state index contributed by atoms with van der Waals surface area (Å²) in [4.78, 5) is 0. The van der Waals surface area contributed by atoms with Crippen LogP contribution in [0, 0.1) is 0 Å². The molecular formula is C13H27NO2. The van der Waals surface area contributed by atoms with Crippen molar-refractivity contribution in [2.75, 3.05) is 26.4 Å². The average Bonchev–Trinajstić information content (AvgIpc) is 2.79. The molecule has 1 N–H and O–H groups in total. The van der Waals surface area contributed by atoms with Crippen molar-refractivity contribution >= 4 is 0 Å². The largest absolute Gasteiger partial charge is 0.377 e. The molecule has 1 rings (SSSR count). The number of ether oxygens (including phenoxy) is 2.